The molecule has 0 aliphatic carbocycles. The number of carbonyl (C=O) groups is 1. The average molecular weight is 471 g/mol. The Balaban J connectivity index is 1.84. The van der Waals surface area contributed by atoms with Crippen molar-refractivity contribution in [2.45, 2.75) is 33.2 Å². The van der Waals surface area contributed by atoms with E-state index in [4.69, 9.17) is 9.72 Å². The fourth-order valence-corrected chi connectivity index (χ4v) is 4.36. The maximum absolute atomic E-state index is 13.8. The molecule has 0 bridgehead atoms. The van der Waals surface area contributed by atoms with Crippen LogP contribution in [0.2, 0.25) is 0 Å². The van der Waals surface area contributed by atoms with Gasteiger partial charge < -0.3 is 15.0 Å². The SMILES string of the molecule is CCc1ccccc1-n1c(C(C)N(CC)C(=O)Nc2ccccc2OC)nc2ccccc2c1=O. The van der Waals surface area contributed by atoms with Gasteiger partial charge in [-0.25, -0.2) is 9.78 Å². The second-order valence-corrected chi connectivity index (χ2v) is 8.20. The molecule has 3 aromatic carbocycles. The molecule has 0 aliphatic rings. The molecule has 0 fully saturated rings. The number of para-hydroxylation sites is 4. The van der Waals surface area contributed by atoms with Crippen LogP contribution in [0.5, 0.6) is 5.75 Å². The molecule has 180 valence electrons. The molecule has 1 atom stereocenters. The zero-order chi connectivity index (χ0) is 24.9. The quantitative estimate of drug-likeness (QED) is 0.383. The number of urea groups is 1. The Morgan fingerprint density at radius 3 is 2.46 bits per heavy atom. The molecule has 1 unspecified atom stereocenters. The van der Waals surface area contributed by atoms with Gasteiger partial charge in [0.25, 0.3) is 5.56 Å². The number of aromatic nitrogens is 2. The lowest BCUT2D eigenvalue weighted by molar-refractivity contribution is 0.193. The maximum atomic E-state index is 13.8. The molecule has 1 heterocycles. The van der Waals surface area contributed by atoms with Crippen LogP contribution in [0, 0.1) is 0 Å². The summed E-state index contributed by atoms with van der Waals surface area (Å²) in [5, 5.41) is 3.48. The summed E-state index contributed by atoms with van der Waals surface area (Å²) in [5.74, 6) is 1.08. The average Bonchev–Trinajstić information content (AvgIpc) is 2.89. The lowest BCUT2D eigenvalue weighted by Gasteiger charge is -2.30. The van der Waals surface area contributed by atoms with Gasteiger partial charge in [0.2, 0.25) is 0 Å². The Labute approximate surface area is 205 Å². The van der Waals surface area contributed by atoms with Crippen molar-refractivity contribution in [3.8, 4) is 11.4 Å². The van der Waals surface area contributed by atoms with Gasteiger partial charge in [-0.1, -0.05) is 49.4 Å². The zero-order valence-electron chi connectivity index (χ0n) is 20.5. The number of rotatable bonds is 7. The predicted octanol–water partition coefficient (Wildman–Crippen LogP) is 5.57. The van der Waals surface area contributed by atoms with Gasteiger partial charge in [0, 0.05) is 6.54 Å². The van der Waals surface area contributed by atoms with Gasteiger partial charge in [0.15, 0.2) is 0 Å². The van der Waals surface area contributed by atoms with E-state index < -0.39 is 6.04 Å². The number of nitrogens with one attached hydrogen (secondary N) is 1. The van der Waals surface area contributed by atoms with Crippen LogP contribution in [0.4, 0.5) is 10.5 Å². The topological polar surface area (TPSA) is 76.5 Å². The van der Waals surface area contributed by atoms with Gasteiger partial charge >= 0.3 is 6.03 Å². The maximum Gasteiger partial charge on any atom is 0.322 e. The summed E-state index contributed by atoms with van der Waals surface area (Å²) in [7, 11) is 1.56. The Bertz CT molecular complexity index is 1410. The number of anilines is 1. The van der Waals surface area contributed by atoms with Crippen LogP contribution in [0.15, 0.2) is 77.6 Å². The van der Waals surface area contributed by atoms with Gasteiger partial charge in [-0.15, -0.1) is 0 Å². The number of amides is 2. The van der Waals surface area contributed by atoms with Crippen molar-refractivity contribution in [2.24, 2.45) is 0 Å². The van der Waals surface area contributed by atoms with E-state index in [0.29, 0.717) is 34.7 Å². The predicted molar refractivity (Wildman–Crippen MR) is 140 cm³/mol. The number of carbonyl (C=O) groups excluding carboxylic acids is 1. The van der Waals surface area contributed by atoms with Crippen LogP contribution in [0.1, 0.15) is 38.2 Å². The molecule has 0 radical (unpaired) electrons. The van der Waals surface area contributed by atoms with Crippen molar-refractivity contribution in [2.75, 3.05) is 19.0 Å². The van der Waals surface area contributed by atoms with Gasteiger partial charge in [-0.05, 0) is 56.2 Å². The summed E-state index contributed by atoms with van der Waals surface area (Å²) in [6.07, 6.45) is 0.759. The van der Waals surface area contributed by atoms with E-state index in [0.717, 1.165) is 17.7 Å². The zero-order valence-corrected chi connectivity index (χ0v) is 20.5. The fourth-order valence-electron chi connectivity index (χ4n) is 4.36. The highest BCUT2D eigenvalue weighted by Crippen LogP contribution is 2.27. The van der Waals surface area contributed by atoms with Gasteiger partial charge in [-0.3, -0.25) is 9.36 Å². The number of hydrogen-bond acceptors (Lipinski definition) is 4. The van der Waals surface area contributed by atoms with Crippen molar-refractivity contribution in [1.82, 2.24) is 14.5 Å². The third kappa shape index (κ3) is 4.62. The summed E-state index contributed by atoms with van der Waals surface area (Å²) in [6, 6.07) is 21.6. The number of benzene rings is 3. The van der Waals surface area contributed by atoms with E-state index in [9.17, 15) is 9.59 Å². The molecule has 2 amide bonds. The van der Waals surface area contributed by atoms with Crippen molar-refractivity contribution >= 4 is 22.6 Å². The minimum absolute atomic E-state index is 0.153. The summed E-state index contributed by atoms with van der Waals surface area (Å²) in [4.78, 5) is 33.7. The minimum atomic E-state index is -0.489. The van der Waals surface area contributed by atoms with Crippen LogP contribution in [0.25, 0.3) is 16.6 Å². The highest BCUT2D eigenvalue weighted by Gasteiger charge is 2.27. The van der Waals surface area contributed by atoms with E-state index in [1.807, 2.05) is 68.4 Å². The third-order valence-corrected chi connectivity index (χ3v) is 6.21. The molecule has 4 aromatic rings. The van der Waals surface area contributed by atoms with Crippen LogP contribution < -0.4 is 15.6 Å². The number of methoxy groups -OCH3 is 1. The molecule has 0 aliphatic heterocycles. The van der Waals surface area contributed by atoms with E-state index in [1.165, 1.54) is 0 Å². The first-order valence-electron chi connectivity index (χ1n) is 11.8. The highest BCUT2D eigenvalue weighted by molar-refractivity contribution is 5.91. The standard InChI is InChI=1S/C28H30N4O3/c1-5-20-13-7-11-17-24(20)32-26(29-22-15-9-8-14-21(22)27(32)33)19(3)31(6-2)28(34)30-23-16-10-12-18-25(23)35-4/h7-19H,5-6H2,1-4H3,(H,30,34). The van der Waals surface area contributed by atoms with Crippen LogP contribution in [-0.2, 0) is 6.42 Å². The largest absolute Gasteiger partial charge is 0.495 e. The number of ether oxygens (including phenoxy) is 1. The Morgan fingerprint density at radius 1 is 1.03 bits per heavy atom. The number of fused-ring (bicyclic) bond motifs is 1. The van der Waals surface area contributed by atoms with Crippen molar-refractivity contribution < 1.29 is 9.53 Å². The number of aryl methyl sites for hydroxylation is 1. The van der Waals surface area contributed by atoms with Gasteiger partial charge in [0.1, 0.15) is 11.6 Å². The van der Waals surface area contributed by atoms with Crippen LogP contribution >= 0.6 is 0 Å². The molecule has 35 heavy (non-hydrogen) atoms. The van der Waals surface area contributed by atoms with Gasteiger partial charge in [0.05, 0.1) is 35.4 Å². The molecule has 0 spiro atoms. The van der Waals surface area contributed by atoms with E-state index in [-0.39, 0.29) is 11.6 Å². The summed E-state index contributed by atoms with van der Waals surface area (Å²) in [5.41, 5.74) is 2.83. The monoisotopic (exact) mass is 470 g/mol. The van der Waals surface area contributed by atoms with E-state index in [1.54, 1.807) is 34.8 Å². The summed E-state index contributed by atoms with van der Waals surface area (Å²) < 4.78 is 7.04. The molecule has 1 N–H and O–H groups in total. The fraction of sp³-hybridized carbons (Fsp3) is 0.250. The van der Waals surface area contributed by atoms with Crippen molar-refractivity contribution in [3.63, 3.8) is 0 Å². The second-order valence-electron chi connectivity index (χ2n) is 8.20. The molecule has 0 saturated carbocycles. The molecule has 4 rings (SSSR count). The second kappa shape index (κ2) is 10.4. The van der Waals surface area contributed by atoms with E-state index in [2.05, 4.69) is 12.2 Å². The first-order chi connectivity index (χ1) is 17.0. The summed E-state index contributed by atoms with van der Waals surface area (Å²) in [6.45, 7) is 6.27. The van der Waals surface area contributed by atoms with Gasteiger partial charge in [-0.2, -0.15) is 0 Å². The lowest BCUT2D eigenvalue weighted by Crippen LogP contribution is -2.40. The van der Waals surface area contributed by atoms with Crippen LogP contribution in [0.3, 0.4) is 0 Å². The Hall–Kier alpha value is -4.13. The minimum Gasteiger partial charge on any atom is -0.495 e. The molecular weight excluding hydrogens is 440 g/mol. The molecular formula is C28H30N4O3. The van der Waals surface area contributed by atoms with Crippen molar-refractivity contribution in [1.29, 1.82) is 0 Å². The Morgan fingerprint density at radius 2 is 1.71 bits per heavy atom. The van der Waals surface area contributed by atoms with Crippen molar-refractivity contribution in [3.05, 3.63) is 94.5 Å². The highest BCUT2D eigenvalue weighted by atomic mass is 16.5. The summed E-state index contributed by atoms with van der Waals surface area (Å²) >= 11 is 0. The Kier molecular flexibility index (Phi) is 7.15. The first kappa shape index (κ1) is 24.0. The molecule has 7 heteroatoms. The molecule has 1 aromatic heterocycles. The number of nitrogens with zero attached hydrogens (tertiary/aromatic N) is 3. The number of hydrogen-bond donors (Lipinski definition) is 1. The van der Waals surface area contributed by atoms with E-state index >= 15 is 0 Å². The molecule has 0 saturated heterocycles. The lowest BCUT2D eigenvalue weighted by atomic mass is 10.1. The molecule has 7 nitrogen and oxygen atoms in total. The smallest absolute Gasteiger partial charge is 0.322 e. The first-order valence-corrected chi connectivity index (χ1v) is 11.8. The van der Waals surface area contributed by atoms with Crippen LogP contribution in [-0.4, -0.2) is 34.1 Å². The normalized spacial score (nSPS) is 11.8. The third-order valence-electron chi connectivity index (χ3n) is 6.21.